The van der Waals surface area contributed by atoms with Crippen LogP contribution in [-0.2, 0) is 9.47 Å². The van der Waals surface area contributed by atoms with Gasteiger partial charge < -0.3 is 19.7 Å². The van der Waals surface area contributed by atoms with E-state index in [1.54, 1.807) is 97.1 Å². The van der Waals surface area contributed by atoms with E-state index in [-0.39, 0.29) is 11.4 Å². The van der Waals surface area contributed by atoms with Crippen molar-refractivity contribution < 1.29 is 29.3 Å². The van der Waals surface area contributed by atoms with Gasteiger partial charge in [0.1, 0.15) is 23.6 Å². The van der Waals surface area contributed by atoms with Gasteiger partial charge in [-0.05, 0) is 34.4 Å². The lowest BCUT2D eigenvalue weighted by molar-refractivity contribution is -0.0223. The molecule has 0 spiro atoms. The number of aliphatic hydroxyl groups is 2. The summed E-state index contributed by atoms with van der Waals surface area (Å²) in [4.78, 5) is 30.8. The van der Waals surface area contributed by atoms with E-state index in [0.29, 0.717) is 22.3 Å². The molecule has 4 aromatic carbocycles. The molecule has 2 N–H and O–H groups in total. The van der Waals surface area contributed by atoms with Crippen molar-refractivity contribution in [2.45, 2.75) is 24.4 Å². The van der Waals surface area contributed by atoms with Gasteiger partial charge in [-0.15, -0.1) is 0 Å². The third-order valence-corrected chi connectivity index (χ3v) is 6.75. The third-order valence-electron chi connectivity index (χ3n) is 6.75. The van der Waals surface area contributed by atoms with Crippen molar-refractivity contribution in [1.82, 2.24) is 4.98 Å². The Kier molecular flexibility index (Phi) is 9.13. The highest BCUT2D eigenvalue weighted by molar-refractivity contribution is 5.91. The minimum Gasteiger partial charge on any atom is -0.450 e. The number of ether oxygens (including phenoxy) is 2. The van der Waals surface area contributed by atoms with E-state index in [4.69, 9.17) is 9.47 Å². The average Bonchev–Trinajstić information content (AvgIpc) is 3.07. The largest absolute Gasteiger partial charge is 0.450 e. The summed E-state index contributed by atoms with van der Waals surface area (Å²) in [6, 6.07) is 40.0. The number of aliphatic hydroxyl groups excluding tert-OH is 2. The maximum absolute atomic E-state index is 13.3. The SMILES string of the molecule is O=C(O[C@H](c1ccccc1)[C@H](O)c1ccccc1)c1cccc(C(=O)O[C@H](c2ccccc2)[C@H](O)c2ccccc2)n1. The molecule has 4 atom stereocenters. The molecule has 0 radical (unpaired) electrons. The molecular formula is C35H29NO6. The zero-order valence-electron chi connectivity index (χ0n) is 22.6. The Morgan fingerprint density at radius 3 is 1.10 bits per heavy atom. The molecule has 5 aromatic rings. The second-order valence-corrected chi connectivity index (χ2v) is 9.59. The summed E-state index contributed by atoms with van der Waals surface area (Å²) in [6.45, 7) is 0. The number of pyridine rings is 1. The predicted molar refractivity (Wildman–Crippen MR) is 156 cm³/mol. The van der Waals surface area contributed by atoms with Gasteiger partial charge in [0.05, 0.1) is 0 Å². The smallest absolute Gasteiger partial charge is 0.357 e. The number of nitrogens with zero attached hydrogens (tertiary/aromatic N) is 1. The van der Waals surface area contributed by atoms with Crippen LogP contribution < -0.4 is 0 Å². The van der Waals surface area contributed by atoms with Crippen molar-refractivity contribution in [2.24, 2.45) is 0 Å². The molecule has 5 rings (SSSR count). The van der Waals surface area contributed by atoms with Gasteiger partial charge in [0.25, 0.3) is 0 Å². The number of benzene rings is 4. The molecule has 0 saturated carbocycles. The van der Waals surface area contributed by atoms with E-state index >= 15 is 0 Å². The van der Waals surface area contributed by atoms with E-state index in [0.717, 1.165) is 0 Å². The standard InChI is InChI=1S/C35H29NO6/c37-30(24-14-5-1-6-15-24)32(26-18-9-3-10-19-26)41-34(39)28-22-13-23-29(36-28)35(40)42-33(27-20-11-4-12-21-27)31(38)25-16-7-2-8-17-25/h1-23,30-33,37-38H/t30-,31-,32-,33-/m1/s1. The lowest BCUT2D eigenvalue weighted by Crippen LogP contribution is -2.21. The number of esters is 2. The summed E-state index contributed by atoms with van der Waals surface area (Å²) >= 11 is 0. The molecule has 0 amide bonds. The molecule has 42 heavy (non-hydrogen) atoms. The van der Waals surface area contributed by atoms with Crippen molar-refractivity contribution in [2.75, 3.05) is 0 Å². The van der Waals surface area contributed by atoms with Crippen LogP contribution in [0.2, 0.25) is 0 Å². The van der Waals surface area contributed by atoms with Crippen LogP contribution >= 0.6 is 0 Å². The normalized spacial score (nSPS) is 13.8. The molecule has 210 valence electrons. The second kappa shape index (κ2) is 13.5. The van der Waals surface area contributed by atoms with Gasteiger partial charge in [-0.1, -0.05) is 127 Å². The van der Waals surface area contributed by atoms with Gasteiger partial charge in [-0.25, -0.2) is 14.6 Å². The van der Waals surface area contributed by atoms with E-state index in [9.17, 15) is 19.8 Å². The first-order valence-corrected chi connectivity index (χ1v) is 13.5. The molecule has 0 aliphatic carbocycles. The Bertz CT molecular complexity index is 1480. The first-order chi connectivity index (χ1) is 20.5. The monoisotopic (exact) mass is 559 g/mol. The molecule has 0 unspecified atom stereocenters. The topological polar surface area (TPSA) is 106 Å². The van der Waals surface area contributed by atoms with Gasteiger partial charge in [0.2, 0.25) is 0 Å². The average molecular weight is 560 g/mol. The lowest BCUT2D eigenvalue weighted by Gasteiger charge is -2.24. The first-order valence-electron chi connectivity index (χ1n) is 13.5. The molecule has 1 heterocycles. The Morgan fingerprint density at radius 1 is 0.452 bits per heavy atom. The fourth-order valence-corrected chi connectivity index (χ4v) is 4.58. The van der Waals surface area contributed by atoms with Gasteiger partial charge in [-0.3, -0.25) is 0 Å². The van der Waals surface area contributed by atoms with Crippen LogP contribution in [0.4, 0.5) is 0 Å². The van der Waals surface area contributed by atoms with Crippen molar-refractivity contribution in [1.29, 1.82) is 0 Å². The first kappa shape index (κ1) is 28.4. The number of carbonyl (C=O) groups is 2. The fourth-order valence-electron chi connectivity index (χ4n) is 4.58. The van der Waals surface area contributed by atoms with E-state index in [1.807, 2.05) is 24.3 Å². The number of hydrogen-bond donors (Lipinski definition) is 2. The van der Waals surface area contributed by atoms with E-state index < -0.39 is 36.4 Å². The van der Waals surface area contributed by atoms with Crippen LogP contribution in [-0.4, -0.2) is 27.1 Å². The van der Waals surface area contributed by atoms with Crippen molar-refractivity contribution >= 4 is 11.9 Å². The zero-order valence-corrected chi connectivity index (χ0v) is 22.6. The van der Waals surface area contributed by atoms with Crippen LogP contribution in [0.5, 0.6) is 0 Å². The number of hydrogen-bond acceptors (Lipinski definition) is 7. The quantitative estimate of drug-likeness (QED) is 0.192. The van der Waals surface area contributed by atoms with Crippen molar-refractivity contribution in [3.63, 3.8) is 0 Å². The Hall–Kier alpha value is -5.11. The van der Waals surface area contributed by atoms with Crippen LogP contribution in [0, 0.1) is 0 Å². The van der Waals surface area contributed by atoms with Crippen molar-refractivity contribution in [3.05, 3.63) is 173 Å². The van der Waals surface area contributed by atoms with Crippen LogP contribution in [0.15, 0.2) is 140 Å². The Morgan fingerprint density at radius 2 is 0.762 bits per heavy atom. The maximum atomic E-state index is 13.3. The zero-order chi connectivity index (χ0) is 29.3. The van der Waals surface area contributed by atoms with E-state index in [2.05, 4.69) is 4.98 Å². The summed E-state index contributed by atoms with van der Waals surface area (Å²) in [5, 5.41) is 22.3. The molecule has 0 aliphatic rings. The minimum absolute atomic E-state index is 0.134. The Labute approximate surface area is 243 Å². The highest BCUT2D eigenvalue weighted by Crippen LogP contribution is 2.34. The van der Waals surface area contributed by atoms with Gasteiger partial charge >= 0.3 is 11.9 Å². The molecule has 0 fully saturated rings. The molecule has 0 bridgehead atoms. The summed E-state index contributed by atoms with van der Waals surface area (Å²) in [5.41, 5.74) is 2.08. The summed E-state index contributed by atoms with van der Waals surface area (Å²) in [6.07, 6.45) is -4.34. The maximum Gasteiger partial charge on any atom is 0.357 e. The summed E-state index contributed by atoms with van der Waals surface area (Å²) < 4.78 is 11.6. The third kappa shape index (κ3) is 6.78. The van der Waals surface area contributed by atoms with Crippen LogP contribution in [0.1, 0.15) is 67.6 Å². The number of rotatable bonds is 10. The van der Waals surface area contributed by atoms with E-state index in [1.165, 1.54) is 18.2 Å². The summed E-state index contributed by atoms with van der Waals surface area (Å²) in [7, 11) is 0. The highest BCUT2D eigenvalue weighted by Gasteiger charge is 2.30. The molecular weight excluding hydrogens is 530 g/mol. The fraction of sp³-hybridized carbons (Fsp3) is 0.114. The molecule has 7 heteroatoms. The number of aromatic nitrogens is 1. The highest BCUT2D eigenvalue weighted by atomic mass is 16.6. The molecule has 0 aliphatic heterocycles. The number of carbonyl (C=O) groups excluding carboxylic acids is 2. The van der Waals surface area contributed by atoms with Crippen molar-refractivity contribution in [3.8, 4) is 0 Å². The van der Waals surface area contributed by atoms with Crippen LogP contribution in [0.25, 0.3) is 0 Å². The lowest BCUT2D eigenvalue weighted by atomic mass is 9.98. The van der Waals surface area contributed by atoms with Gasteiger partial charge in [0, 0.05) is 0 Å². The molecule has 7 nitrogen and oxygen atoms in total. The predicted octanol–water partition coefficient (Wildman–Crippen LogP) is 6.35. The van der Waals surface area contributed by atoms with Gasteiger partial charge in [0.15, 0.2) is 12.2 Å². The second-order valence-electron chi connectivity index (χ2n) is 9.59. The van der Waals surface area contributed by atoms with Crippen LogP contribution in [0.3, 0.4) is 0 Å². The molecule has 1 aromatic heterocycles. The minimum atomic E-state index is -1.14. The van der Waals surface area contributed by atoms with Gasteiger partial charge in [-0.2, -0.15) is 0 Å². The molecule has 0 saturated heterocycles. The Balaban J connectivity index is 1.38. The summed E-state index contributed by atoms with van der Waals surface area (Å²) in [5.74, 6) is -1.64.